The summed E-state index contributed by atoms with van der Waals surface area (Å²) in [7, 11) is 0. The fraction of sp³-hybridized carbons (Fsp3) is 0.648. The van der Waals surface area contributed by atoms with Crippen molar-refractivity contribution in [2.24, 2.45) is 0 Å². The second kappa shape index (κ2) is 48.0. The number of ether oxygens (including phenoxy) is 3. The number of rotatable bonds is 42. The lowest BCUT2D eigenvalue weighted by Crippen LogP contribution is -2.30. The predicted molar refractivity (Wildman–Crippen MR) is 256 cm³/mol. The van der Waals surface area contributed by atoms with Crippen LogP contribution in [0, 0.1) is 0 Å². The largest absolute Gasteiger partial charge is 0.462 e. The van der Waals surface area contributed by atoms with E-state index in [1.165, 1.54) is 44.9 Å². The van der Waals surface area contributed by atoms with Crippen molar-refractivity contribution >= 4 is 17.9 Å². The second-order valence-electron chi connectivity index (χ2n) is 15.7. The third kappa shape index (κ3) is 45.4. The average Bonchev–Trinajstić information content (AvgIpc) is 3.24. The van der Waals surface area contributed by atoms with Gasteiger partial charge in [0.1, 0.15) is 13.2 Å². The Hall–Kier alpha value is -3.67. The van der Waals surface area contributed by atoms with Crippen LogP contribution in [0.5, 0.6) is 0 Å². The minimum Gasteiger partial charge on any atom is -0.462 e. The van der Waals surface area contributed by atoms with Gasteiger partial charge in [-0.05, 0) is 96.3 Å². The lowest BCUT2D eigenvalue weighted by atomic mass is 10.1. The molecule has 1 atom stereocenters. The fourth-order valence-corrected chi connectivity index (χ4v) is 6.27. The summed E-state index contributed by atoms with van der Waals surface area (Å²) in [6.45, 7) is 6.30. The molecular weight excluding hydrogens is 745 g/mol. The Morgan fingerprint density at radius 2 is 0.733 bits per heavy atom. The molecule has 0 radical (unpaired) electrons. The van der Waals surface area contributed by atoms with Crippen LogP contribution < -0.4 is 0 Å². The first-order valence-corrected chi connectivity index (χ1v) is 24.3. The van der Waals surface area contributed by atoms with E-state index in [-0.39, 0.29) is 31.1 Å². The van der Waals surface area contributed by atoms with Gasteiger partial charge in [-0.15, -0.1) is 0 Å². The Balaban J connectivity index is 4.49. The van der Waals surface area contributed by atoms with Gasteiger partial charge in [0.25, 0.3) is 0 Å². The molecule has 0 heterocycles. The van der Waals surface area contributed by atoms with Gasteiger partial charge in [0, 0.05) is 19.3 Å². The van der Waals surface area contributed by atoms with Crippen LogP contribution in [-0.4, -0.2) is 37.2 Å². The molecule has 0 aromatic rings. The zero-order valence-electron chi connectivity index (χ0n) is 38.7. The molecule has 0 aromatic heterocycles. The van der Waals surface area contributed by atoms with Crippen molar-refractivity contribution in [2.45, 2.75) is 213 Å². The highest BCUT2D eigenvalue weighted by atomic mass is 16.6. The van der Waals surface area contributed by atoms with Crippen molar-refractivity contribution in [1.82, 2.24) is 0 Å². The zero-order valence-corrected chi connectivity index (χ0v) is 38.7. The van der Waals surface area contributed by atoms with Crippen LogP contribution in [0.4, 0.5) is 0 Å². The fourth-order valence-electron chi connectivity index (χ4n) is 6.27. The molecular formula is C54H88O6. The Labute approximate surface area is 368 Å². The van der Waals surface area contributed by atoms with Crippen molar-refractivity contribution in [1.29, 1.82) is 0 Å². The molecule has 1 unspecified atom stereocenters. The molecule has 0 bridgehead atoms. The molecule has 0 aliphatic carbocycles. The molecule has 0 aliphatic rings. The van der Waals surface area contributed by atoms with Crippen LogP contribution in [0.1, 0.15) is 207 Å². The van der Waals surface area contributed by atoms with Crippen molar-refractivity contribution in [3.63, 3.8) is 0 Å². The van der Waals surface area contributed by atoms with Gasteiger partial charge < -0.3 is 14.2 Å². The Bertz CT molecular complexity index is 1230. The normalized spacial score (nSPS) is 12.9. The Morgan fingerprint density at radius 3 is 1.22 bits per heavy atom. The van der Waals surface area contributed by atoms with Crippen LogP contribution >= 0.6 is 0 Å². The average molecular weight is 833 g/mol. The van der Waals surface area contributed by atoms with Gasteiger partial charge in [0.15, 0.2) is 6.10 Å². The first-order valence-electron chi connectivity index (χ1n) is 24.3. The lowest BCUT2D eigenvalue weighted by molar-refractivity contribution is -0.167. The molecule has 0 saturated heterocycles. The highest BCUT2D eigenvalue weighted by Crippen LogP contribution is 2.13. The maximum Gasteiger partial charge on any atom is 0.306 e. The standard InChI is InChI=1S/C54H88O6/c1-4-7-10-13-16-19-22-25-27-30-32-35-38-41-44-47-53(56)59-50-51(49-58-52(55)46-43-40-37-34-31-28-24-21-18-15-12-9-6-3)60-54(57)48-45-42-39-36-33-29-26-23-20-17-14-11-8-5-2/h8-9,11-12,15-22,24-26,29,51H,4-7,10,13-14,23,27-28,30-50H2,1-3H3/b11-8+,12-9+,18-15+,19-16+,20-17+,24-21+,25-22+,29-26+. The molecule has 0 fully saturated rings. The van der Waals surface area contributed by atoms with E-state index in [1.54, 1.807) is 0 Å². The summed E-state index contributed by atoms with van der Waals surface area (Å²) in [6, 6.07) is 0. The minimum atomic E-state index is -0.802. The van der Waals surface area contributed by atoms with Gasteiger partial charge in [-0.25, -0.2) is 0 Å². The quantitative estimate of drug-likeness (QED) is 0.0200. The van der Waals surface area contributed by atoms with E-state index in [2.05, 4.69) is 118 Å². The van der Waals surface area contributed by atoms with Crippen LogP contribution in [-0.2, 0) is 28.6 Å². The van der Waals surface area contributed by atoms with E-state index >= 15 is 0 Å². The third-order valence-electron chi connectivity index (χ3n) is 9.89. The summed E-state index contributed by atoms with van der Waals surface area (Å²) in [5, 5.41) is 0. The number of allylic oxidation sites excluding steroid dienone is 16. The number of esters is 3. The van der Waals surface area contributed by atoms with Gasteiger partial charge in [0.2, 0.25) is 0 Å². The van der Waals surface area contributed by atoms with E-state index in [4.69, 9.17) is 14.2 Å². The highest BCUT2D eigenvalue weighted by Gasteiger charge is 2.19. The molecule has 0 N–H and O–H groups in total. The highest BCUT2D eigenvalue weighted by molar-refractivity contribution is 5.71. The smallest absolute Gasteiger partial charge is 0.306 e. The number of carbonyl (C=O) groups excluding carboxylic acids is 3. The topological polar surface area (TPSA) is 78.9 Å². The molecule has 60 heavy (non-hydrogen) atoms. The summed E-state index contributed by atoms with van der Waals surface area (Å²) in [5.74, 6) is -0.962. The van der Waals surface area contributed by atoms with E-state index in [0.29, 0.717) is 19.3 Å². The lowest BCUT2D eigenvalue weighted by Gasteiger charge is -2.18. The Morgan fingerprint density at radius 1 is 0.367 bits per heavy atom. The summed E-state index contributed by atoms with van der Waals surface area (Å²) >= 11 is 0. The maximum atomic E-state index is 12.8. The SMILES string of the molecule is CC/C=C/C=C/C=C/CCCCCCCC(=O)OCC(COC(=O)CCCCCCCC/C=C/C=C/CCCCC)OC(=O)CCCCCC/C=C/C/C=C/C/C=C/CC. The van der Waals surface area contributed by atoms with Crippen LogP contribution in [0.15, 0.2) is 97.2 Å². The van der Waals surface area contributed by atoms with Crippen LogP contribution in [0.2, 0.25) is 0 Å². The molecule has 0 saturated carbocycles. The number of carbonyl (C=O) groups is 3. The van der Waals surface area contributed by atoms with Gasteiger partial charge in [-0.3, -0.25) is 14.4 Å². The van der Waals surface area contributed by atoms with E-state index < -0.39 is 6.10 Å². The van der Waals surface area contributed by atoms with E-state index in [0.717, 1.165) is 122 Å². The van der Waals surface area contributed by atoms with Gasteiger partial charge in [-0.1, -0.05) is 189 Å². The van der Waals surface area contributed by atoms with Crippen LogP contribution in [0.3, 0.4) is 0 Å². The minimum absolute atomic E-state index is 0.101. The second-order valence-corrected chi connectivity index (χ2v) is 15.7. The monoisotopic (exact) mass is 833 g/mol. The number of unbranched alkanes of at least 4 members (excludes halogenated alkanes) is 18. The molecule has 0 spiro atoms. The first kappa shape index (κ1) is 56.3. The number of hydrogen-bond acceptors (Lipinski definition) is 6. The molecule has 0 aromatic carbocycles. The Kier molecular flexibility index (Phi) is 45.1. The van der Waals surface area contributed by atoms with Crippen molar-refractivity contribution in [2.75, 3.05) is 13.2 Å². The van der Waals surface area contributed by atoms with Crippen molar-refractivity contribution in [3.05, 3.63) is 97.2 Å². The molecule has 0 rings (SSSR count). The summed E-state index contributed by atoms with van der Waals surface area (Å²) in [5.41, 5.74) is 0. The van der Waals surface area contributed by atoms with Gasteiger partial charge in [0.05, 0.1) is 0 Å². The van der Waals surface area contributed by atoms with Crippen molar-refractivity contribution in [3.8, 4) is 0 Å². The maximum absolute atomic E-state index is 12.8. The van der Waals surface area contributed by atoms with Gasteiger partial charge in [-0.2, -0.15) is 0 Å². The molecule has 340 valence electrons. The van der Waals surface area contributed by atoms with E-state index in [9.17, 15) is 14.4 Å². The molecule has 0 aliphatic heterocycles. The summed E-state index contributed by atoms with van der Waals surface area (Å²) in [4.78, 5) is 37.9. The molecule has 6 nitrogen and oxygen atoms in total. The van der Waals surface area contributed by atoms with Crippen molar-refractivity contribution < 1.29 is 28.6 Å². The van der Waals surface area contributed by atoms with Crippen LogP contribution in [0.25, 0.3) is 0 Å². The first-order chi connectivity index (χ1) is 29.5. The third-order valence-corrected chi connectivity index (χ3v) is 9.89. The molecule has 0 amide bonds. The van der Waals surface area contributed by atoms with E-state index in [1.807, 2.05) is 0 Å². The predicted octanol–water partition coefficient (Wildman–Crippen LogP) is 15.8. The number of hydrogen-bond donors (Lipinski definition) is 0. The zero-order chi connectivity index (χ0) is 43.7. The summed E-state index contributed by atoms with van der Waals surface area (Å²) in [6.07, 6.45) is 62.4. The molecule has 6 heteroatoms. The summed E-state index contributed by atoms with van der Waals surface area (Å²) < 4.78 is 16.7. The van der Waals surface area contributed by atoms with Gasteiger partial charge >= 0.3 is 17.9 Å².